The van der Waals surface area contributed by atoms with Crippen LogP contribution in [0.2, 0.25) is 0 Å². The summed E-state index contributed by atoms with van der Waals surface area (Å²) in [5, 5.41) is 14.5. The fourth-order valence-electron chi connectivity index (χ4n) is 2.91. The summed E-state index contributed by atoms with van der Waals surface area (Å²) in [5.74, 6) is 0.172. The molecule has 1 aliphatic rings. The number of hydrogen-bond acceptors (Lipinski definition) is 5. The van der Waals surface area contributed by atoms with Gasteiger partial charge in [0.05, 0.1) is 13.2 Å². The van der Waals surface area contributed by atoms with E-state index in [1.807, 2.05) is 18.2 Å². The second-order valence-corrected chi connectivity index (χ2v) is 5.78. The summed E-state index contributed by atoms with van der Waals surface area (Å²) >= 11 is 0. The standard InChI is InChI=1S/C17H19FN2O4/c1-3-17(22)13(20-15(21)14(17)18)9-24-16-12-8-11(23-2)5-4-10(12)6-7-19-16/h4-8,13-14,22H,3,9H2,1-2H3,(H,20,21)/t13-,14-,17-/m1/s1. The summed E-state index contributed by atoms with van der Waals surface area (Å²) in [6, 6.07) is 6.48. The van der Waals surface area contributed by atoms with E-state index in [1.54, 1.807) is 26.3 Å². The van der Waals surface area contributed by atoms with Crippen LogP contribution in [-0.4, -0.2) is 47.5 Å². The number of rotatable bonds is 5. The third-order valence-corrected chi connectivity index (χ3v) is 4.48. The van der Waals surface area contributed by atoms with Gasteiger partial charge in [-0.2, -0.15) is 0 Å². The van der Waals surface area contributed by atoms with Gasteiger partial charge in [-0.3, -0.25) is 4.79 Å². The van der Waals surface area contributed by atoms with Gasteiger partial charge in [-0.1, -0.05) is 13.0 Å². The van der Waals surface area contributed by atoms with Crippen LogP contribution >= 0.6 is 0 Å². The van der Waals surface area contributed by atoms with Crippen LogP contribution in [-0.2, 0) is 4.79 Å². The Bertz CT molecular complexity index is 769. The lowest BCUT2D eigenvalue weighted by Crippen LogP contribution is -2.49. The molecule has 1 aliphatic heterocycles. The third-order valence-electron chi connectivity index (χ3n) is 4.48. The minimum absolute atomic E-state index is 0.0835. The number of alkyl halides is 1. The van der Waals surface area contributed by atoms with Gasteiger partial charge in [0.15, 0.2) is 0 Å². The first-order valence-corrected chi connectivity index (χ1v) is 7.72. The number of carbonyl (C=O) groups excluding carboxylic acids is 1. The van der Waals surface area contributed by atoms with Crippen molar-refractivity contribution in [2.45, 2.75) is 31.2 Å². The number of aromatic nitrogens is 1. The number of halogens is 1. The van der Waals surface area contributed by atoms with Crippen molar-refractivity contribution in [2.24, 2.45) is 0 Å². The first-order chi connectivity index (χ1) is 11.5. The summed E-state index contributed by atoms with van der Waals surface area (Å²) < 4.78 is 24.8. The normalized spacial score (nSPS) is 26.4. The summed E-state index contributed by atoms with van der Waals surface area (Å²) in [7, 11) is 1.56. The topological polar surface area (TPSA) is 80.7 Å². The van der Waals surface area contributed by atoms with E-state index in [1.165, 1.54) is 0 Å². The Hall–Kier alpha value is -2.41. The first-order valence-electron chi connectivity index (χ1n) is 7.72. The summed E-state index contributed by atoms with van der Waals surface area (Å²) in [5.41, 5.74) is -1.78. The lowest BCUT2D eigenvalue weighted by atomic mass is 9.91. The summed E-state index contributed by atoms with van der Waals surface area (Å²) in [6.45, 7) is 1.54. The van der Waals surface area contributed by atoms with Crippen molar-refractivity contribution in [3.8, 4) is 11.6 Å². The number of hydrogen-bond donors (Lipinski definition) is 2. The molecule has 0 bridgehead atoms. The molecule has 7 heteroatoms. The number of benzene rings is 1. The zero-order valence-electron chi connectivity index (χ0n) is 13.5. The Labute approximate surface area is 138 Å². The van der Waals surface area contributed by atoms with Crippen LogP contribution in [0.25, 0.3) is 10.8 Å². The minimum atomic E-state index is -1.96. The number of methoxy groups -OCH3 is 1. The molecule has 2 heterocycles. The van der Waals surface area contributed by atoms with E-state index in [-0.39, 0.29) is 13.0 Å². The van der Waals surface area contributed by atoms with E-state index in [0.29, 0.717) is 11.6 Å². The molecule has 3 atom stereocenters. The Morgan fingerprint density at radius 1 is 1.42 bits per heavy atom. The van der Waals surface area contributed by atoms with Gasteiger partial charge in [0, 0.05) is 11.6 Å². The third kappa shape index (κ3) is 2.65. The number of carbonyl (C=O) groups is 1. The van der Waals surface area contributed by atoms with Gasteiger partial charge in [0.2, 0.25) is 12.1 Å². The van der Waals surface area contributed by atoms with Crippen molar-refractivity contribution in [2.75, 3.05) is 13.7 Å². The van der Waals surface area contributed by atoms with Gasteiger partial charge >= 0.3 is 0 Å². The summed E-state index contributed by atoms with van der Waals surface area (Å²) in [6.07, 6.45) is -0.268. The minimum Gasteiger partial charge on any atom is -0.497 e. The van der Waals surface area contributed by atoms with E-state index in [4.69, 9.17) is 9.47 Å². The molecular formula is C17H19FN2O4. The second-order valence-electron chi connectivity index (χ2n) is 5.78. The van der Waals surface area contributed by atoms with Crippen LogP contribution in [0.5, 0.6) is 11.6 Å². The Kier molecular flexibility index (Phi) is 4.28. The molecule has 0 saturated carbocycles. The zero-order chi connectivity index (χ0) is 17.3. The fourth-order valence-corrected chi connectivity index (χ4v) is 2.91. The van der Waals surface area contributed by atoms with Gasteiger partial charge in [-0.25, -0.2) is 9.37 Å². The van der Waals surface area contributed by atoms with Gasteiger partial charge in [-0.05, 0) is 30.0 Å². The Morgan fingerprint density at radius 2 is 2.21 bits per heavy atom. The molecular weight excluding hydrogens is 315 g/mol. The Morgan fingerprint density at radius 3 is 2.92 bits per heavy atom. The number of ether oxygens (including phenoxy) is 2. The van der Waals surface area contributed by atoms with Gasteiger partial charge in [0.25, 0.3) is 5.91 Å². The second kappa shape index (κ2) is 6.24. The maximum absolute atomic E-state index is 13.9. The lowest BCUT2D eigenvalue weighted by Gasteiger charge is -2.28. The molecule has 1 saturated heterocycles. The highest BCUT2D eigenvalue weighted by molar-refractivity contribution is 5.88. The molecule has 2 N–H and O–H groups in total. The SMILES string of the molecule is CC[C@]1(O)[C@H](F)C(=O)N[C@@H]1COc1nccc2ccc(OC)cc12. The smallest absolute Gasteiger partial charge is 0.258 e. The van der Waals surface area contributed by atoms with Crippen molar-refractivity contribution in [1.29, 1.82) is 0 Å². The van der Waals surface area contributed by atoms with E-state index >= 15 is 0 Å². The van der Waals surface area contributed by atoms with Crippen LogP contribution in [0.4, 0.5) is 4.39 Å². The Balaban J connectivity index is 1.84. The van der Waals surface area contributed by atoms with Crippen LogP contribution in [0.1, 0.15) is 13.3 Å². The number of aliphatic hydroxyl groups is 1. The number of pyridine rings is 1. The van der Waals surface area contributed by atoms with Crippen molar-refractivity contribution >= 4 is 16.7 Å². The average Bonchev–Trinajstić information content (AvgIpc) is 2.83. The molecule has 1 aromatic carbocycles. The molecule has 0 unspecified atom stereocenters. The van der Waals surface area contributed by atoms with Gasteiger partial charge in [-0.15, -0.1) is 0 Å². The number of nitrogens with zero attached hydrogens (tertiary/aromatic N) is 1. The van der Waals surface area contributed by atoms with Crippen molar-refractivity contribution in [3.05, 3.63) is 30.5 Å². The molecule has 1 fully saturated rings. The molecule has 24 heavy (non-hydrogen) atoms. The molecule has 0 radical (unpaired) electrons. The number of amides is 1. The highest BCUT2D eigenvalue weighted by atomic mass is 19.1. The number of nitrogens with one attached hydrogen (secondary N) is 1. The van der Waals surface area contributed by atoms with Crippen LogP contribution in [0.15, 0.2) is 30.5 Å². The fraction of sp³-hybridized carbons (Fsp3) is 0.412. The predicted molar refractivity (Wildman–Crippen MR) is 85.9 cm³/mol. The molecule has 1 aromatic heterocycles. The molecule has 2 aromatic rings. The van der Waals surface area contributed by atoms with E-state index < -0.39 is 23.7 Å². The van der Waals surface area contributed by atoms with Crippen molar-refractivity contribution in [1.82, 2.24) is 10.3 Å². The maximum Gasteiger partial charge on any atom is 0.258 e. The van der Waals surface area contributed by atoms with Crippen molar-refractivity contribution in [3.63, 3.8) is 0 Å². The molecule has 0 aliphatic carbocycles. The van der Waals surface area contributed by atoms with Crippen LogP contribution < -0.4 is 14.8 Å². The number of fused-ring (bicyclic) bond motifs is 1. The molecule has 0 spiro atoms. The zero-order valence-corrected chi connectivity index (χ0v) is 13.5. The highest BCUT2D eigenvalue weighted by Gasteiger charge is 2.54. The summed E-state index contributed by atoms with van der Waals surface area (Å²) in [4.78, 5) is 15.7. The predicted octanol–water partition coefficient (Wildman–Crippen LogP) is 1.60. The van der Waals surface area contributed by atoms with E-state index in [0.717, 1.165) is 10.8 Å². The lowest BCUT2D eigenvalue weighted by molar-refractivity contribution is -0.127. The van der Waals surface area contributed by atoms with Gasteiger partial charge in [0.1, 0.15) is 18.0 Å². The largest absolute Gasteiger partial charge is 0.497 e. The monoisotopic (exact) mass is 334 g/mol. The van der Waals surface area contributed by atoms with Crippen LogP contribution in [0, 0.1) is 0 Å². The van der Waals surface area contributed by atoms with E-state index in [2.05, 4.69) is 10.3 Å². The highest BCUT2D eigenvalue weighted by Crippen LogP contribution is 2.31. The van der Waals surface area contributed by atoms with Crippen LogP contribution in [0.3, 0.4) is 0 Å². The van der Waals surface area contributed by atoms with E-state index in [9.17, 15) is 14.3 Å². The molecule has 6 nitrogen and oxygen atoms in total. The average molecular weight is 334 g/mol. The quantitative estimate of drug-likeness (QED) is 0.868. The molecule has 1 amide bonds. The van der Waals surface area contributed by atoms with Gasteiger partial charge < -0.3 is 19.9 Å². The maximum atomic E-state index is 13.9. The molecule has 3 rings (SSSR count). The first kappa shape index (κ1) is 16.4. The van der Waals surface area contributed by atoms with Crippen molar-refractivity contribution < 1.29 is 23.8 Å². The molecule has 128 valence electrons.